The molecule has 3 N–H and O–H groups in total. The Morgan fingerprint density at radius 3 is 2.57 bits per heavy atom. The van der Waals surface area contributed by atoms with Gasteiger partial charge in [0.05, 0.1) is 18.8 Å². The summed E-state index contributed by atoms with van der Waals surface area (Å²) in [6, 6.07) is 10.3. The van der Waals surface area contributed by atoms with Gasteiger partial charge in [-0.1, -0.05) is 19.1 Å². The molecule has 0 fully saturated rings. The number of aromatic nitrogens is 1. The number of thioether (sulfide) groups is 1. The number of benzene rings is 1. The molecule has 0 bridgehead atoms. The zero-order chi connectivity index (χ0) is 15.1. The molecule has 0 spiro atoms. The molecule has 2 aromatic rings. The van der Waals surface area contributed by atoms with Crippen molar-refractivity contribution in [3.05, 3.63) is 53.9 Å². The quantitative estimate of drug-likeness (QED) is 0.467. The van der Waals surface area contributed by atoms with Crippen LogP contribution in [0.2, 0.25) is 0 Å². The van der Waals surface area contributed by atoms with E-state index in [1.807, 2.05) is 30.9 Å². The van der Waals surface area contributed by atoms with Gasteiger partial charge in [0.25, 0.3) is 0 Å². The minimum Gasteiger partial charge on any atom is -0.492 e. The number of hydrazine groups is 1. The van der Waals surface area contributed by atoms with Crippen LogP contribution in [-0.4, -0.2) is 17.3 Å². The average Bonchev–Trinajstić information content (AvgIpc) is 2.51. The predicted octanol–water partition coefficient (Wildman–Crippen LogP) is 3.15. The van der Waals surface area contributed by atoms with E-state index >= 15 is 0 Å². The fraction of sp³-hybridized carbons (Fsp3) is 0.312. The van der Waals surface area contributed by atoms with Crippen molar-refractivity contribution in [2.75, 3.05) is 12.4 Å². The van der Waals surface area contributed by atoms with Gasteiger partial charge in [0.1, 0.15) is 5.75 Å². The molecule has 0 aliphatic rings. The molecule has 0 saturated carbocycles. The minimum absolute atomic E-state index is 0.0985. The third-order valence-electron chi connectivity index (χ3n) is 3.07. The summed E-state index contributed by atoms with van der Waals surface area (Å²) in [6.45, 7) is 4.72. The maximum absolute atomic E-state index is 5.73. The van der Waals surface area contributed by atoms with E-state index in [0.29, 0.717) is 6.61 Å². The average molecular weight is 303 g/mol. The molecular formula is C16H21N3OS. The number of nitrogens with one attached hydrogen (secondary N) is 1. The number of hydrogen-bond acceptors (Lipinski definition) is 5. The molecule has 4 nitrogen and oxygen atoms in total. The molecule has 2 rings (SSSR count). The van der Waals surface area contributed by atoms with Crippen LogP contribution in [0.25, 0.3) is 0 Å². The largest absolute Gasteiger partial charge is 0.492 e. The lowest BCUT2D eigenvalue weighted by Crippen LogP contribution is -2.28. The van der Waals surface area contributed by atoms with E-state index in [1.54, 1.807) is 6.20 Å². The first kappa shape index (κ1) is 15.8. The Morgan fingerprint density at radius 2 is 1.95 bits per heavy atom. The number of ether oxygens (including phenoxy) is 1. The lowest BCUT2D eigenvalue weighted by molar-refractivity contribution is 0.338. The lowest BCUT2D eigenvalue weighted by atomic mass is 10.0. The van der Waals surface area contributed by atoms with Crippen LogP contribution in [-0.2, 0) is 0 Å². The second-order valence-corrected chi connectivity index (χ2v) is 5.83. The van der Waals surface area contributed by atoms with Crippen LogP contribution < -0.4 is 16.0 Å². The second-order valence-electron chi connectivity index (χ2n) is 4.49. The van der Waals surface area contributed by atoms with Gasteiger partial charge >= 0.3 is 0 Å². The Morgan fingerprint density at radius 1 is 1.19 bits per heavy atom. The van der Waals surface area contributed by atoms with Crippen LogP contribution in [0, 0.1) is 0 Å². The second kappa shape index (κ2) is 8.02. The fourth-order valence-electron chi connectivity index (χ4n) is 2.15. The van der Waals surface area contributed by atoms with E-state index in [1.165, 1.54) is 4.90 Å². The Kier molecular flexibility index (Phi) is 6.04. The van der Waals surface area contributed by atoms with E-state index < -0.39 is 0 Å². The third-order valence-corrected chi connectivity index (χ3v) is 3.96. The number of rotatable bonds is 7. The summed E-state index contributed by atoms with van der Waals surface area (Å²) in [4.78, 5) is 5.48. The number of pyridine rings is 1. The van der Waals surface area contributed by atoms with Crippen molar-refractivity contribution in [3.8, 4) is 5.75 Å². The minimum atomic E-state index is -0.0985. The summed E-state index contributed by atoms with van der Waals surface area (Å²) in [5.41, 5.74) is 4.94. The Labute approximate surface area is 130 Å². The zero-order valence-electron chi connectivity index (χ0n) is 12.4. The summed E-state index contributed by atoms with van der Waals surface area (Å²) < 4.78 is 5.49. The summed E-state index contributed by atoms with van der Waals surface area (Å²) in [6.07, 6.45) is 3.52. The van der Waals surface area contributed by atoms with Gasteiger partial charge in [-0.3, -0.25) is 10.8 Å². The van der Waals surface area contributed by atoms with Crippen molar-refractivity contribution in [1.82, 2.24) is 10.4 Å². The third kappa shape index (κ3) is 4.20. The molecule has 0 aliphatic carbocycles. The monoisotopic (exact) mass is 303 g/mol. The van der Waals surface area contributed by atoms with Crippen LogP contribution in [0.4, 0.5) is 0 Å². The number of nitrogens with two attached hydrogens (primary N) is 1. The SMILES string of the molecule is CCOc1cncc(C(NN)c2ccc(SCC)cc2)c1. The molecule has 1 unspecified atom stereocenters. The topological polar surface area (TPSA) is 60.2 Å². The highest BCUT2D eigenvalue weighted by Crippen LogP contribution is 2.26. The maximum Gasteiger partial charge on any atom is 0.137 e. The van der Waals surface area contributed by atoms with Gasteiger partial charge < -0.3 is 4.74 Å². The van der Waals surface area contributed by atoms with Gasteiger partial charge in [0, 0.05) is 11.1 Å². The normalized spacial score (nSPS) is 12.1. The molecule has 21 heavy (non-hydrogen) atoms. The molecule has 0 saturated heterocycles. The lowest BCUT2D eigenvalue weighted by Gasteiger charge is -2.17. The predicted molar refractivity (Wildman–Crippen MR) is 87.4 cm³/mol. The molecule has 112 valence electrons. The summed E-state index contributed by atoms with van der Waals surface area (Å²) >= 11 is 1.82. The highest BCUT2D eigenvalue weighted by atomic mass is 32.2. The van der Waals surface area contributed by atoms with E-state index in [-0.39, 0.29) is 6.04 Å². The first-order valence-corrected chi connectivity index (χ1v) is 8.03. The summed E-state index contributed by atoms with van der Waals surface area (Å²) in [7, 11) is 0. The highest BCUT2D eigenvalue weighted by Gasteiger charge is 2.13. The van der Waals surface area contributed by atoms with E-state index in [2.05, 4.69) is 41.6 Å². The van der Waals surface area contributed by atoms with Crippen molar-refractivity contribution in [1.29, 1.82) is 0 Å². The van der Waals surface area contributed by atoms with Crippen molar-refractivity contribution in [2.45, 2.75) is 24.8 Å². The standard InChI is InChI=1S/C16H21N3OS/c1-3-20-14-9-13(10-18-11-14)16(19-17)12-5-7-15(8-6-12)21-4-2/h5-11,16,19H,3-4,17H2,1-2H3. The fourth-order valence-corrected chi connectivity index (χ4v) is 2.81. The van der Waals surface area contributed by atoms with Crippen molar-refractivity contribution < 1.29 is 4.74 Å². The van der Waals surface area contributed by atoms with Crippen LogP contribution >= 0.6 is 11.8 Å². The first-order valence-electron chi connectivity index (χ1n) is 7.05. The van der Waals surface area contributed by atoms with Gasteiger partial charge in [-0.2, -0.15) is 0 Å². The Bertz CT molecular complexity index is 560. The van der Waals surface area contributed by atoms with E-state index in [0.717, 1.165) is 22.6 Å². The van der Waals surface area contributed by atoms with Gasteiger partial charge in [-0.25, -0.2) is 5.43 Å². The summed E-state index contributed by atoms with van der Waals surface area (Å²) in [5, 5.41) is 0. The Hall–Kier alpha value is -1.56. The first-order chi connectivity index (χ1) is 10.3. The molecule has 0 aliphatic heterocycles. The van der Waals surface area contributed by atoms with Crippen molar-refractivity contribution >= 4 is 11.8 Å². The summed E-state index contributed by atoms with van der Waals surface area (Å²) in [5.74, 6) is 7.56. The van der Waals surface area contributed by atoms with Crippen LogP contribution in [0.5, 0.6) is 5.75 Å². The van der Waals surface area contributed by atoms with Gasteiger partial charge in [0.2, 0.25) is 0 Å². The molecule has 1 aromatic heterocycles. The molecule has 1 heterocycles. The van der Waals surface area contributed by atoms with Gasteiger partial charge in [-0.15, -0.1) is 11.8 Å². The number of hydrogen-bond donors (Lipinski definition) is 2. The molecule has 5 heteroatoms. The van der Waals surface area contributed by atoms with Gasteiger partial charge in [0.15, 0.2) is 0 Å². The van der Waals surface area contributed by atoms with E-state index in [4.69, 9.17) is 10.6 Å². The van der Waals surface area contributed by atoms with Crippen LogP contribution in [0.3, 0.4) is 0 Å². The molecular weight excluding hydrogens is 282 g/mol. The smallest absolute Gasteiger partial charge is 0.137 e. The van der Waals surface area contributed by atoms with Crippen LogP contribution in [0.1, 0.15) is 31.0 Å². The molecule has 0 amide bonds. The van der Waals surface area contributed by atoms with Gasteiger partial charge in [-0.05, 0) is 42.0 Å². The maximum atomic E-state index is 5.73. The van der Waals surface area contributed by atoms with Crippen LogP contribution in [0.15, 0.2) is 47.6 Å². The van der Waals surface area contributed by atoms with Crippen molar-refractivity contribution in [2.24, 2.45) is 5.84 Å². The Balaban J connectivity index is 2.24. The van der Waals surface area contributed by atoms with E-state index in [9.17, 15) is 0 Å². The number of nitrogens with zero attached hydrogens (tertiary/aromatic N) is 1. The molecule has 1 aromatic carbocycles. The van der Waals surface area contributed by atoms with Crippen molar-refractivity contribution in [3.63, 3.8) is 0 Å². The highest BCUT2D eigenvalue weighted by molar-refractivity contribution is 7.99. The molecule has 0 radical (unpaired) electrons. The zero-order valence-corrected chi connectivity index (χ0v) is 13.2. The molecule has 1 atom stereocenters.